The zero-order valence-corrected chi connectivity index (χ0v) is 10.6. The molecule has 90 valence electrons. The summed E-state index contributed by atoms with van der Waals surface area (Å²) < 4.78 is 2.39. The second kappa shape index (κ2) is 3.61. The number of hydrogen-bond donors (Lipinski definition) is 1. The number of para-hydroxylation sites is 1. The third-order valence-corrected chi connectivity index (χ3v) is 3.63. The van der Waals surface area contributed by atoms with Crippen LogP contribution in [0.25, 0.3) is 10.9 Å². The van der Waals surface area contributed by atoms with E-state index in [2.05, 4.69) is 48.9 Å². The van der Waals surface area contributed by atoms with E-state index in [9.17, 15) is 0 Å². The molecule has 2 heteroatoms. The molecule has 0 amide bonds. The van der Waals surface area contributed by atoms with Crippen molar-refractivity contribution in [2.45, 2.75) is 38.8 Å². The van der Waals surface area contributed by atoms with Crippen molar-refractivity contribution in [2.24, 2.45) is 11.7 Å². The summed E-state index contributed by atoms with van der Waals surface area (Å²) >= 11 is 0. The average Bonchev–Trinajstić information content (AvgIpc) is 2.99. The normalized spacial score (nSPS) is 16.6. The molecule has 0 aliphatic heterocycles. The minimum Gasteiger partial charge on any atom is -0.347 e. The monoisotopic (exact) mass is 228 g/mol. The first-order valence-electron chi connectivity index (χ1n) is 6.43. The van der Waals surface area contributed by atoms with Gasteiger partial charge in [-0.05, 0) is 44.2 Å². The lowest BCUT2D eigenvalue weighted by atomic mass is 9.95. The highest BCUT2D eigenvalue weighted by atomic mass is 15.0. The van der Waals surface area contributed by atoms with Crippen LogP contribution in [0.1, 0.15) is 32.3 Å². The van der Waals surface area contributed by atoms with Crippen molar-refractivity contribution < 1.29 is 0 Å². The largest absolute Gasteiger partial charge is 0.347 e. The van der Waals surface area contributed by atoms with E-state index >= 15 is 0 Å². The Hall–Kier alpha value is -1.28. The molecule has 0 unspecified atom stereocenters. The first-order valence-corrected chi connectivity index (χ1v) is 6.43. The molecular formula is C15H20N2. The third kappa shape index (κ3) is 1.98. The lowest BCUT2D eigenvalue weighted by Crippen LogP contribution is -2.28. The molecule has 2 nitrogen and oxygen atoms in total. The summed E-state index contributed by atoms with van der Waals surface area (Å²) in [5.41, 5.74) is 8.58. The minimum atomic E-state index is -0.269. The molecular weight excluding hydrogens is 208 g/mol. The molecule has 1 saturated carbocycles. The third-order valence-electron chi connectivity index (χ3n) is 3.63. The van der Waals surface area contributed by atoms with Crippen LogP contribution >= 0.6 is 0 Å². The van der Waals surface area contributed by atoms with Crippen LogP contribution in [-0.2, 0) is 12.1 Å². The summed E-state index contributed by atoms with van der Waals surface area (Å²) in [4.78, 5) is 0. The minimum absolute atomic E-state index is 0.269. The van der Waals surface area contributed by atoms with Crippen LogP contribution in [0.15, 0.2) is 30.5 Å². The number of hydrogen-bond acceptors (Lipinski definition) is 1. The van der Waals surface area contributed by atoms with Crippen molar-refractivity contribution in [3.05, 3.63) is 36.0 Å². The van der Waals surface area contributed by atoms with Crippen molar-refractivity contribution in [3.8, 4) is 0 Å². The first kappa shape index (κ1) is 10.8. The van der Waals surface area contributed by atoms with Crippen LogP contribution in [0, 0.1) is 5.92 Å². The fourth-order valence-corrected chi connectivity index (χ4v) is 2.49. The summed E-state index contributed by atoms with van der Waals surface area (Å²) in [6.45, 7) is 5.31. The molecule has 2 N–H and O–H groups in total. The van der Waals surface area contributed by atoms with Gasteiger partial charge in [-0.3, -0.25) is 0 Å². The quantitative estimate of drug-likeness (QED) is 0.859. The zero-order chi connectivity index (χ0) is 12.0. The maximum absolute atomic E-state index is 6.27. The van der Waals surface area contributed by atoms with E-state index in [1.54, 1.807) is 0 Å². The second-order valence-corrected chi connectivity index (χ2v) is 5.88. The van der Waals surface area contributed by atoms with Gasteiger partial charge in [0.05, 0.1) is 0 Å². The zero-order valence-electron chi connectivity index (χ0n) is 10.6. The van der Waals surface area contributed by atoms with Crippen LogP contribution in [0.3, 0.4) is 0 Å². The van der Waals surface area contributed by atoms with Gasteiger partial charge in [-0.25, -0.2) is 0 Å². The highest BCUT2D eigenvalue weighted by Crippen LogP contribution is 2.34. The van der Waals surface area contributed by atoms with E-state index in [4.69, 9.17) is 5.73 Å². The summed E-state index contributed by atoms with van der Waals surface area (Å²) in [6, 6.07) is 8.59. The summed E-state index contributed by atoms with van der Waals surface area (Å²) in [7, 11) is 0. The van der Waals surface area contributed by atoms with E-state index in [-0.39, 0.29) is 5.54 Å². The maximum Gasteiger partial charge on any atom is 0.0483 e. The van der Waals surface area contributed by atoms with Crippen LogP contribution in [0.2, 0.25) is 0 Å². The molecule has 2 aromatic rings. The molecule has 0 bridgehead atoms. The topological polar surface area (TPSA) is 30.9 Å². The van der Waals surface area contributed by atoms with Crippen molar-refractivity contribution in [3.63, 3.8) is 0 Å². The van der Waals surface area contributed by atoms with Gasteiger partial charge in [0.1, 0.15) is 0 Å². The van der Waals surface area contributed by atoms with Gasteiger partial charge < -0.3 is 10.3 Å². The molecule has 0 radical (unpaired) electrons. The van der Waals surface area contributed by atoms with E-state index in [0.29, 0.717) is 0 Å². The van der Waals surface area contributed by atoms with Crippen LogP contribution in [-0.4, -0.2) is 4.57 Å². The van der Waals surface area contributed by atoms with Gasteiger partial charge >= 0.3 is 0 Å². The number of nitrogens with two attached hydrogens (primary N) is 1. The SMILES string of the molecule is CC(C)(N)c1cn(CC2CC2)c2ccccc12. The van der Waals surface area contributed by atoms with Crippen molar-refractivity contribution >= 4 is 10.9 Å². The van der Waals surface area contributed by atoms with Crippen LogP contribution in [0.5, 0.6) is 0 Å². The van der Waals surface area contributed by atoms with Gasteiger partial charge in [0.15, 0.2) is 0 Å². The Morgan fingerprint density at radius 3 is 2.65 bits per heavy atom. The molecule has 1 heterocycles. The van der Waals surface area contributed by atoms with Crippen molar-refractivity contribution in [1.82, 2.24) is 4.57 Å². The molecule has 17 heavy (non-hydrogen) atoms. The summed E-state index contributed by atoms with van der Waals surface area (Å²) in [6.07, 6.45) is 5.02. The molecule has 3 rings (SSSR count). The molecule has 1 fully saturated rings. The summed E-state index contributed by atoms with van der Waals surface area (Å²) in [5, 5.41) is 1.31. The van der Waals surface area contributed by atoms with Crippen molar-refractivity contribution in [1.29, 1.82) is 0 Å². The fraction of sp³-hybridized carbons (Fsp3) is 0.467. The molecule has 1 aromatic heterocycles. The number of benzene rings is 1. The molecule has 1 aliphatic rings. The number of rotatable bonds is 3. The highest BCUT2D eigenvalue weighted by molar-refractivity contribution is 5.84. The molecule has 0 atom stereocenters. The Kier molecular flexibility index (Phi) is 2.30. The van der Waals surface area contributed by atoms with E-state index < -0.39 is 0 Å². The Morgan fingerprint density at radius 1 is 1.29 bits per heavy atom. The maximum atomic E-state index is 6.27. The summed E-state index contributed by atoms with van der Waals surface area (Å²) in [5.74, 6) is 0.888. The standard InChI is InChI=1S/C15H20N2/c1-15(2,16)13-10-17(9-11-7-8-11)14-6-4-3-5-12(13)14/h3-6,10-11H,7-9,16H2,1-2H3. The lowest BCUT2D eigenvalue weighted by Gasteiger charge is -2.17. The average molecular weight is 228 g/mol. The van der Waals surface area contributed by atoms with Gasteiger partial charge in [-0.15, -0.1) is 0 Å². The first-order chi connectivity index (χ1) is 8.05. The van der Waals surface area contributed by atoms with Gasteiger partial charge in [0.25, 0.3) is 0 Å². The predicted molar refractivity (Wildman–Crippen MR) is 71.9 cm³/mol. The molecule has 1 aliphatic carbocycles. The van der Waals surface area contributed by atoms with Gasteiger partial charge in [0.2, 0.25) is 0 Å². The Labute approximate surface area is 102 Å². The van der Waals surface area contributed by atoms with E-state index in [0.717, 1.165) is 12.5 Å². The van der Waals surface area contributed by atoms with Crippen LogP contribution < -0.4 is 5.73 Å². The molecule has 0 saturated heterocycles. The molecule has 1 aromatic carbocycles. The Bertz CT molecular complexity index is 542. The van der Waals surface area contributed by atoms with Gasteiger partial charge in [-0.2, -0.15) is 0 Å². The fourth-order valence-electron chi connectivity index (χ4n) is 2.49. The van der Waals surface area contributed by atoms with E-state index in [1.807, 2.05) is 0 Å². The number of nitrogens with zero attached hydrogens (tertiary/aromatic N) is 1. The smallest absolute Gasteiger partial charge is 0.0483 e. The Morgan fingerprint density at radius 2 is 2.00 bits per heavy atom. The lowest BCUT2D eigenvalue weighted by molar-refractivity contribution is 0.552. The predicted octanol–water partition coefficient (Wildman–Crippen LogP) is 3.25. The van der Waals surface area contributed by atoms with Crippen molar-refractivity contribution in [2.75, 3.05) is 0 Å². The molecule has 0 spiro atoms. The van der Waals surface area contributed by atoms with Crippen LogP contribution in [0.4, 0.5) is 0 Å². The van der Waals surface area contributed by atoms with Gasteiger partial charge in [0, 0.05) is 29.2 Å². The highest BCUT2D eigenvalue weighted by Gasteiger charge is 2.25. The number of fused-ring (bicyclic) bond motifs is 1. The van der Waals surface area contributed by atoms with Gasteiger partial charge in [-0.1, -0.05) is 18.2 Å². The Balaban J connectivity index is 2.15. The second-order valence-electron chi connectivity index (χ2n) is 5.88. The van der Waals surface area contributed by atoms with E-state index in [1.165, 1.54) is 29.3 Å². The number of aromatic nitrogens is 1.